The fourth-order valence-corrected chi connectivity index (χ4v) is 1.20. The van der Waals surface area contributed by atoms with E-state index in [4.69, 9.17) is 0 Å². The van der Waals surface area contributed by atoms with E-state index < -0.39 is 0 Å². The summed E-state index contributed by atoms with van der Waals surface area (Å²) in [6, 6.07) is 0.336. The van der Waals surface area contributed by atoms with Crippen LogP contribution in [0.5, 0.6) is 0 Å². The van der Waals surface area contributed by atoms with Gasteiger partial charge in [0.05, 0.1) is 6.04 Å². The van der Waals surface area contributed by atoms with E-state index >= 15 is 0 Å². The summed E-state index contributed by atoms with van der Waals surface area (Å²) in [6.45, 7) is 0. The first-order chi connectivity index (χ1) is 5.31. The minimum absolute atomic E-state index is 0.336. The number of likely N-dealkylation sites (N-methyl/N-ethyl adjacent to an activating group) is 3. The van der Waals surface area contributed by atoms with Gasteiger partial charge in [-0.1, -0.05) is 0 Å². The lowest BCUT2D eigenvalue weighted by Gasteiger charge is -2.10. The summed E-state index contributed by atoms with van der Waals surface area (Å²) in [4.78, 5) is 0. The first-order valence-electron chi connectivity index (χ1n) is 3.78. The summed E-state index contributed by atoms with van der Waals surface area (Å²) in [6.07, 6.45) is 4.24. The highest BCUT2D eigenvalue weighted by Crippen LogP contribution is 2.12. The Morgan fingerprint density at radius 1 is 1.18 bits per heavy atom. The van der Waals surface area contributed by atoms with Crippen LogP contribution in [0.25, 0.3) is 0 Å². The van der Waals surface area contributed by atoms with E-state index in [-0.39, 0.29) is 0 Å². The smallest absolute Gasteiger partial charge is 0.0676 e. The lowest BCUT2D eigenvalue weighted by molar-refractivity contribution is 0.712. The van der Waals surface area contributed by atoms with Gasteiger partial charge in [0.2, 0.25) is 0 Å². The zero-order chi connectivity index (χ0) is 8.27. The number of hydrogen-bond donors (Lipinski definition) is 3. The third kappa shape index (κ3) is 1.54. The first kappa shape index (κ1) is 8.14. The second-order valence-corrected chi connectivity index (χ2v) is 2.49. The van der Waals surface area contributed by atoms with Crippen molar-refractivity contribution in [2.45, 2.75) is 6.04 Å². The lowest BCUT2D eigenvalue weighted by atomic mass is 10.3. The van der Waals surface area contributed by atoms with Gasteiger partial charge in [0.1, 0.15) is 0 Å². The summed E-state index contributed by atoms with van der Waals surface area (Å²) in [5.41, 5.74) is 2.37. The number of rotatable bonds is 3. The predicted molar refractivity (Wildman–Crippen MR) is 47.1 cm³/mol. The van der Waals surface area contributed by atoms with Gasteiger partial charge in [0.25, 0.3) is 0 Å². The minimum Gasteiger partial charge on any atom is -0.390 e. The van der Waals surface area contributed by atoms with Gasteiger partial charge in [0, 0.05) is 25.5 Å². The summed E-state index contributed by atoms with van der Waals surface area (Å²) in [7, 11) is 5.81. The number of hydrogen-bond acceptors (Lipinski definition) is 3. The summed E-state index contributed by atoms with van der Waals surface area (Å²) in [5, 5.41) is 9.41. The van der Waals surface area contributed by atoms with Gasteiger partial charge in [-0.05, 0) is 19.2 Å². The third-order valence-corrected chi connectivity index (χ3v) is 1.88. The van der Waals surface area contributed by atoms with Crippen LogP contribution >= 0.6 is 0 Å². The maximum atomic E-state index is 3.18. The van der Waals surface area contributed by atoms with Crippen LogP contribution in [-0.2, 0) is 0 Å². The number of nitrogens with one attached hydrogen (secondary N) is 3. The van der Waals surface area contributed by atoms with E-state index in [0.29, 0.717) is 6.04 Å². The molecule has 0 radical (unpaired) electrons. The molecule has 0 saturated carbocycles. The first-order valence-corrected chi connectivity index (χ1v) is 3.78. The van der Waals surface area contributed by atoms with Crippen molar-refractivity contribution < 1.29 is 0 Å². The van der Waals surface area contributed by atoms with Crippen LogP contribution < -0.4 is 16.0 Å². The van der Waals surface area contributed by atoms with Crippen LogP contribution in [0.1, 0.15) is 0 Å². The van der Waals surface area contributed by atoms with Crippen molar-refractivity contribution >= 4 is 0 Å². The van der Waals surface area contributed by atoms with Gasteiger partial charge in [-0.25, -0.2) is 0 Å². The molecule has 0 aromatic rings. The molecule has 0 aromatic heterocycles. The summed E-state index contributed by atoms with van der Waals surface area (Å²) < 4.78 is 0. The molecule has 1 aliphatic rings. The van der Waals surface area contributed by atoms with Crippen molar-refractivity contribution in [3.05, 3.63) is 23.5 Å². The Hall–Kier alpha value is -0.960. The molecule has 0 aromatic carbocycles. The van der Waals surface area contributed by atoms with E-state index in [2.05, 4.69) is 28.1 Å². The maximum absolute atomic E-state index is 3.18. The van der Waals surface area contributed by atoms with Crippen molar-refractivity contribution in [1.82, 2.24) is 16.0 Å². The van der Waals surface area contributed by atoms with Crippen molar-refractivity contribution in [3.8, 4) is 0 Å². The second-order valence-electron chi connectivity index (χ2n) is 2.49. The SMILES string of the molecule is CNC1=CC(NC)C(NC)=C1. The molecule has 1 aliphatic carbocycles. The highest BCUT2D eigenvalue weighted by Gasteiger charge is 2.14. The molecular formula is C8H15N3. The molecule has 0 heterocycles. The molecule has 1 atom stereocenters. The monoisotopic (exact) mass is 153 g/mol. The standard InChI is InChI=1S/C8H15N3/c1-9-6-4-7(10-2)8(5-6)11-3/h4-5,7,9-11H,1-3H3. The fraction of sp³-hybridized carbons (Fsp3) is 0.500. The third-order valence-electron chi connectivity index (χ3n) is 1.88. The molecule has 0 aliphatic heterocycles. The molecule has 0 saturated heterocycles. The molecule has 0 fully saturated rings. The molecule has 0 bridgehead atoms. The Balaban J connectivity index is 2.69. The molecule has 3 nitrogen and oxygen atoms in total. The molecule has 3 heteroatoms. The Labute approximate surface area is 67.6 Å². The van der Waals surface area contributed by atoms with Crippen LogP contribution in [0.3, 0.4) is 0 Å². The average Bonchev–Trinajstić information content (AvgIpc) is 2.46. The Bertz CT molecular complexity index is 194. The van der Waals surface area contributed by atoms with E-state index in [9.17, 15) is 0 Å². The van der Waals surface area contributed by atoms with E-state index in [1.54, 1.807) is 0 Å². The molecule has 3 N–H and O–H groups in total. The lowest BCUT2D eigenvalue weighted by Crippen LogP contribution is -2.29. The van der Waals surface area contributed by atoms with Crippen LogP contribution in [0.2, 0.25) is 0 Å². The molecule has 1 rings (SSSR count). The molecule has 11 heavy (non-hydrogen) atoms. The average molecular weight is 153 g/mol. The maximum Gasteiger partial charge on any atom is 0.0676 e. The molecule has 1 unspecified atom stereocenters. The van der Waals surface area contributed by atoms with Crippen molar-refractivity contribution in [3.63, 3.8) is 0 Å². The summed E-state index contributed by atoms with van der Waals surface area (Å²) >= 11 is 0. The van der Waals surface area contributed by atoms with Crippen LogP contribution in [0.15, 0.2) is 23.5 Å². The highest BCUT2D eigenvalue weighted by atomic mass is 15.0. The van der Waals surface area contributed by atoms with Gasteiger partial charge in [0.15, 0.2) is 0 Å². The quantitative estimate of drug-likeness (QED) is 0.525. The largest absolute Gasteiger partial charge is 0.390 e. The highest BCUT2D eigenvalue weighted by molar-refractivity contribution is 5.36. The zero-order valence-electron chi connectivity index (χ0n) is 7.23. The van der Waals surface area contributed by atoms with Crippen molar-refractivity contribution in [2.24, 2.45) is 0 Å². The van der Waals surface area contributed by atoms with Crippen molar-refractivity contribution in [2.75, 3.05) is 21.1 Å². The summed E-state index contributed by atoms with van der Waals surface area (Å²) in [5.74, 6) is 0. The molecule has 62 valence electrons. The van der Waals surface area contributed by atoms with Gasteiger partial charge in [-0.3, -0.25) is 0 Å². The van der Waals surface area contributed by atoms with Crippen molar-refractivity contribution in [1.29, 1.82) is 0 Å². The fourth-order valence-electron chi connectivity index (χ4n) is 1.20. The Morgan fingerprint density at radius 3 is 2.27 bits per heavy atom. The molecule has 0 spiro atoms. The van der Waals surface area contributed by atoms with Gasteiger partial charge >= 0.3 is 0 Å². The van der Waals surface area contributed by atoms with Gasteiger partial charge in [-0.2, -0.15) is 0 Å². The second kappa shape index (κ2) is 3.44. The normalized spacial score (nSPS) is 22.6. The van der Waals surface area contributed by atoms with E-state index in [0.717, 1.165) is 5.70 Å². The zero-order valence-corrected chi connectivity index (χ0v) is 7.23. The predicted octanol–water partition coefficient (Wildman–Crippen LogP) is -0.205. The van der Waals surface area contributed by atoms with Gasteiger partial charge < -0.3 is 16.0 Å². The van der Waals surface area contributed by atoms with Crippen LogP contribution in [0.4, 0.5) is 0 Å². The minimum atomic E-state index is 0.336. The van der Waals surface area contributed by atoms with E-state index in [1.807, 2.05) is 21.1 Å². The molecular weight excluding hydrogens is 138 g/mol. The van der Waals surface area contributed by atoms with Crippen LogP contribution in [-0.4, -0.2) is 27.2 Å². The Kier molecular flexibility index (Phi) is 2.54. The number of allylic oxidation sites excluding steroid dienone is 1. The topological polar surface area (TPSA) is 36.1 Å². The van der Waals surface area contributed by atoms with Crippen LogP contribution in [0, 0.1) is 0 Å². The molecule has 0 amide bonds. The van der Waals surface area contributed by atoms with E-state index in [1.165, 1.54) is 5.70 Å². The Morgan fingerprint density at radius 2 is 1.91 bits per heavy atom. The van der Waals surface area contributed by atoms with Gasteiger partial charge in [-0.15, -0.1) is 0 Å².